The predicted octanol–water partition coefficient (Wildman–Crippen LogP) is 5.11. The number of carbonyl (C=O) groups is 3. The number of anilines is 1. The summed E-state index contributed by atoms with van der Waals surface area (Å²) < 4.78 is 10.7. The molecule has 1 rings (SSSR count). The number of alkyl carbamates (subject to hydrolysis) is 1. The number of nitrogens with zero attached hydrogens (tertiary/aromatic N) is 2. The molecule has 0 aliphatic carbocycles. The second-order valence-corrected chi connectivity index (χ2v) is 9.47. The van der Waals surface area contributed by atoms with Crippen LogP contribution in [0.25, 0.3) is 0 Å². The summed E-state index contributed by atoms with van der Waals surface area (Å²) in [5.74, 6) is 0.351. The van der Waals surface area contributed by atoms with Gasteiger partial charge in [-0.25, -0.2) is 14.6 Å². The van der Waals surface area contributed by atoms with Crippen molar-refractivity contribution in [3.63, 3.8) is 0 Å². The molecule has 2 amide bonds. The van der Waals surface area contributed by atoms with Crippen LogP contribution in [0.4, 0.5) is 15.4 Å². The van der Waals surface area contributed by atoms with E-state index in [1.54, 1.807) is 32.9 Å². The number of amides is 2. The first-order chi connectivity index (χ1) is 14.2. The number of rotatable bonds is 8. The molecule has 0 fully saturated rings. The fourth-order valence-electron chi connectivity index (χ4n) is 2.58. The van der Waals surface area contributed by atoms with Gasteiger partial charge in [0.2, 0.25) is 0 Å². The molecule has 0 aliphatic rings. The average molecular weight is 436 g/mol. The average Bonchev–Trinajstić information content (AvgIpc) is 2.62. The summed E-state index contributed by atoms with van der Waals surface area (Å²) in [6.07, 6.45) is 1.97. The Kier molecular flexibility index (Phi) is 9.46. The van der Waals surface area contributed by atoms with Crippen molar-refractivity contribution in [2.75, 3.05) is 11.4 Å². The van der Waals surface area contributed by atoms with Crippen LogP contribution in [0, 0.1) is 0 Å². The van der Waals surface area contributed by atoms with Crippen LogP contribution in [0.1, 0.15) is 85.0 Å². The molecule has 0 spiro atoms. The maximum atomic E-state index is 12.6. The number of ketones is 1. The van der Waals surface area contributed by atoms with Gasteiger partial charge in [0.15, 0.2) is 5.78 Å². The molecule has 1 aromatic rings. The van der Waals surface area contributed by atoms with E-state index >= 15 is 0 Å². The van der Waals surface area contributed by atoms with E-state index in [9.17, 15) is 14.4 Å². The molecule has 0 saturated heterocycles. The maximum Gasteiger partial charge on any atom is 0.416 e. The van der Waals surface area contributed by atoms with Crippen molar-refractivity contribution in [1.82, 2.24) is 10.3 Å². The Morgan fingerprint density at radius 2 is 1.68 bits per heavy atom. The first-order valence-electron chi connectivity index (χ1n) is 10.7. The summed E-state index contributed by atoms with van der Waals surface area (Å²) in [7, 11) is 0. The van der Waals surface area contributed by atoms with E-state index in [0.717, 1.165) is 6.42 Å². The summed E-state index contributed by atoms with van der Waals surface area (Å²) in [6.45, 7) is 15.0. The van der Waals surface area contributed by atoms with E-state index < -0.39 is 23.4 Å². The van der Waals surface area contributed by atoms with Crippen LogP contribution >= 0.6 is 0 Å². The summed E-state index contributed by atoms with van der Waals surface area (Å²) >= 11 is 0. The zero-order valence-corrected chi connectivity index (χ0v) is 20.1. The van der Waals surface area contributed by atoms with Gasteiger partial charge in [-0.1, -0.05) is 6.92 Å². The van der Waals surface area contributed by atoms with Crippen molar-refractivity contribution in [2.24, 2.45) is 0 Å². The van der Waals surface area contributed by atoms with Gasteiger partial charge >= 0.3 is 12.2 Å². The molecule has 1 unspecified atom stereocenters. The molecular weight excluding hydrogens is 398 g/mol. The van der Waals surface area contributed by atoms with E-state index in [-0.39, 0.29) is 18.2 Å². The number of ether oxygens (including phenoxy) is 2. The molecule has 174 valence electrons. The van der Waals surface area contributed by atoms with E-state index in [2.05, 4.69) is 10.3 Å². The van der Waals surface area contributed by atoms with E-state index in [4.69, 9.17) is 9.47 Å². The standard InChI is InChI=1S/C23H37N3O5/c1-9-16(2)26(21(29)31-23(6,7)8)19-13-12-17(15-25-19)18(27)11-10-14-24-20(28)30-22(3,4)5/h12-13,15-16H,9-11,14H2,1-8H3,(H,24,28). The minimum atomic E-state index is -0.619. The predicted molar refractivity (Wildman–Crippen MR) is 121 cm³/mol. The molecule has 0 radical (unpaired) electrons. The smallest absolute Gasteiger partial charge is 0.416 e. The van der Waals surface area contributed by atoms with Crippen LogP contribution < -0.4 is 10.2 Å². The zero-order valence-electron chi connectivity index (χ0n) is 20.1. The fourth-order valence-corrected chi connectivity index (χ4v) is 2.58. The van der Waals surface area contributed by atoms with Crippen molar-refractivity contribution in [1.29, 1.82) is 0 Å². The molecule has 8 heteroatoms. The van der Waals surface area contributed by atoms with Gasteiger partial charge < -0.3 is 14.8 Å². The highest BCUT2D eigenvalue weighted by molar-refractivity contribution is 5.96. The second kappa shape index (κ2) is 11.1. The first-order valence-corrected chi connectivity index (χ1v) is 10.7. The number of hydrogen-bond acceptors (Lipinski definition) is 6. The van der Waals surface area contributed by atoms with Crippen LogP contribution in [-0.4, -0.2) is 46.7 Å². The highest BCUT2D eigenvalue weighted by atomic mass is 16.6. The highest BCUT2D eigenvalue weighted by Crippen LogP contribution is 2.21. The molecule has 0 aliphatic heterocycles. The molecule has 0 bridgehead atoms. The lowest BCUT2D eigenvalue weighted by Gasteiger charge is -2.30. The molecule has 0 aromatic carbocycles. The van der Waals surface area contributed by atoms with Gasteiger partial charge in [0.05, 0.1) is 0 Å². The van der Waals surface area contributed by atoms with Crippen molar-refractivity contribution in [3.8, 4) is 0 Å². The van der Waals surface area contributed by atoms with Gasteiger partial charge in [0.25, 0.3) is 0 Å². The van der Waals surface area contributed by atoms with Crippen LogP contribution in [-0.2, 0) is 9.47 Å². The molecule has 8 nitrogen and oxygen atoms in total. The fraction of sp³-hybridized carbons (Fsp3) is 0.652. The van der Waals surface area contributed by atoms with E-state index in [1.807, 2.05) is 34.6 Å². The lowest BCUT2D eigenvalue weighted by atomic mass is 10.1. The molecule has 1 aromatic heterocycles. The van der Waals surface area contributed by atoms with E-state index in [0.29, 0.717) is 24.3 Å². The van der Waals surface area contributed by atoms with Crippen molar-refractivity contribution < 1.29 is 23.9 Å². The summed E-state index contributed by atoms with van der Waals surface area (Å²) in [5, 5.41) is 2.63. The first kappa shape index (κ1) is 26.4. The Balaban J connectivity index is 2.70. The summed E-state index contributed by atoms with van der Waals surface area (Å²) in [6, 6.07) is 3.20. The quantitative estimate of drug-likeness (QED) is 0.450. The van der Waals surface area contributed by atoms with Crippen LogP contribution in [0.3, 0.4) is 0 Å². The number of carbonyl (C=O) groups excluding carboxylic acids is 3. The number of hydrogen-bond donors (Lipinski definition) is 1. The van der Waals surface area contributed by atoms with E-state index in [1.165, 1.54) is 11.1 Å². The number of pyridine rings is 1. The zero-order chi connectivity index (χ0) is 23.8. The number of aromatic nitrogens is 1. The van der Waals surface area contributed by atoms with Gasteiger partial charge in [-0.15, -0.1) is 0 Å². The van der Waals surface area contributed by atoms with Gasteiger partial charge in [0.1, 0.15) is 17.0 Å². The van der Waals surface area contributed by atoms with Crippen molar-refractivity contribution in [3.05, 3.63) is 23.9 Å². The monoisotopic (exact) mass is 435 g/mol. The Morgan fingerprint density at radius 3 is 2.16 bits per heavy atom. The lowest BCUT2D eigenvalue weighted by Crippen LogP contribution is -2.42. The van der Waals surface area contributed by atoms with Crippen molar-refractivity contribution >= 4 is 23.8 Å². The molecular formula is C23H37N3O5. The molecule has 1 N–H and O–H groups in total. The van der Waals surface area contributed by atoms with Crippen LogP contribution in [0.15, 0.2) is 18.3 Å². The lowest BCUT2D eigenvalue weighted by molar-refractivity contribution is 0.0522. The van der Waals surface area contributed by atoms with Gasteiger partial charge in [-0.3, -0.25) is 9.69 Å². The Morgan fingerprint density at radius 1 is 1.06 bits per heavy atom. The Hall–Kier alpha value is -2.64. The minimum Gasteiger partial charge on any atom is -0.444 e. The molecule has 1 atom stereocenters. The Labute approximate surface area is 185 Å². The molecule has 1 heterocycles. The molecule has 31 heavy (non-hydrogen) atoms. The molecule has 0 saturated carbocycles. The Bertz CT molecular complexity index is 748. The normalized spacial score (nSPS) is 12.6. The second-order valence-electron chi connectivity index (χ2n) is 9.47. The third-order valence-corrected chi connectivity index (χ3v) is 4.19. The largest absolute Gasteiger partial charge is 0.444 e. The summed E-state index contributed by atoms with van der Waals surface area (Å²) in [4.78, 5) is 42.5. The minimum absolute atomic E-state index is 0.0857. The highest BCUT2D eigenvalue weighted by Gasteiger charge is 2.27. The van der Waals surface area contributed by atoms with Crippen LogP contribution in [0.2, 0.25) is 0 Å². The van der Waals surface area contributed by atoms with Gasteiger partial charge in [-0.2, -0.15) is 0 Å². The summed E-state index contributed by atoms with van der Waals surface area (Å²) in [5.41, 5.74) is -0.726. The SMILES string of the molecule is CCC(C)N(C(=O)OC(C)(C)C)c1ccc(C(=O)CCCNC(=O)OC(C)(C)C)cn1. The third kappa shape index (κ3) is 9.81. The topological polar surface area (TPSA) is 97.8 Å². The third-order valence-electron chi connectivity index (χ3n) is 4.19. The van der Waals surface area contributed by atoms with Gasteiger partial charge in [-0.05, 0) is 73.4 Å². The number of nitrogens with one attached hydrogen (secondary N) is 1. The number of Topliss-reactive ketones (excluding diaryl/α,β-unsaturated/α-hetero) is 1. The van der Waals surface area contributed by atoms with Gasteiger partial charge in [0, 0.05) is 30.8 Å². The van der Waals surface area contributed by atoms with Crippen LogP contribution in [0.5, 0.6) is 0 Å². The van der Waals surface area contributed by atoms with Crippen molar-refractivity contribution in [2.45, 2.75) is 91.9 Å². The maximum absolute atomic E-state index is 12.6.